The lowest BCUT2D eigenvalue weighted by Crippen LogP contribution is -2.30. The lowest BCUT2D eigenvalue weighted by molar-refractivity contribution is 0.0201. The van der Waals surface area contributed by atoms with E-state index >= 15 is 0 Å². The van der Waals surface area contributed by atoms with Crippen molar-refractivity contribution in [2.45, 2.75) is 25.6 Å². The summed E-state index contributed by atoms with van der Waals surface area (Å²) in [6.45, 7) is 1.95. The molecule has 4 heteroatoms. The summed E-state index contributed by atoms with van der Waals surface area (Å²) in [6.07, 6.45) is -0.523. The van der Waals surface area contributed by atoms with Gasteiger partial charge in [0.25, 0.3) is 0 Å². The number of methoxy groups -OCH3 is 1. The molecule has 2 N–H and O–H groups in total. The van der Waals surface area contributed by atoms with E-state index in [1.54, 1.807) is 31.4 Å². The quantitative estimate of drug-likeness (QED) is 0.891. The van der Waals surface area contributed by atoms with E-state index < -0.39 is 12.2 Å². The molecule has 1 aliphatic heterocycles. The molecule has 0 bridgehead atoms. The standard InChI is InChI=1S/C17H18O4/c1-10-15(20-2)8-5-12-9-14(19)17(21-16(10)12)11-3-6-13(18)7-4-11/h3-8,14,17-19H,9H2,1-2H3/t14-,17-/m1/s1. The summed E-state index contributed by atoms with van der Waals surface area (Å²) < 4.78 is 11.4. The summed E-state index contributed by atoms with van der Waals surface area (Å²) in [5.74, 6) is 1.75. The maximum atomic E-state index is 10.3. The van der Waals surface area contributed by atoms with E-state index in [0.717, 1.165) is 28.2 Å². The molecule has 2 aromatic carbocycles. The van der Waals surface area contributed by atoms with Gasteiger partial charge in [-0.1, -0.05) is 18.2 Å². The Hall–Kier alpha value is -2.20. The van der Waals surface area contributed by atoms with Gasteiger partial charge < -0.3 is 19.7 Å². The molecule has 0 aliphatic carbocycles. The second kappa shape index (κ2) is 5.30. The van der Waals surface area contributed by atoms with Crippen LogP contribution in [0.25, 0.3) is 0 Å². The van der Waals surface area contributed by atoms with Crippen molar-refractivity contribution in [3.8, 4) is 17.2 Å². The van der Waals surface area contributed by atoms with Crippen LogP contribution in [0.4, 0.5) is 0 Å². The van der Waals surface area contributed by atoms with Crippen LogP contribution < -0.4 is 9.47 Å². The van der Waals surface area contributed by atoms with E-state index in [1.807, 2.05) is 19.1 Å². The van der Waals surface area contributed by atoms with Crippen molar-refractivity contribution in [3.05, 3.63) is 53.1 Å². The van der Waals surface area contributed by atoms with Gasteiger partial charge in [-0.3, -0.25) is 0 Å². The number of phenolic OH excluding ortho intramolecular Hbond substituents is 1. The summed E-state index contributed by atoms with van der Waals surface area (Å²) in [6, 6.07) is 10.6. The number of phenols is 1. The van der Waals surface area contributed by atoms with Crippen LogP contribution in [0.3, 0.4) is 0 Å². The number of rotatable bonds is 2. The molecule has 1 heterocycles. The smallest absolute Gasteiger partial charge is 0.150 e. The molecular formula is C17H18O4. The Morgan fingerprint density at radius 2 is 1.86 bits per heavy atom. The molecule has 0 fully saturated rings. The average molecular weight is 286 g/mol. The first-order valence-corrected chi connectivity index (χ1v) is 6.90. The lowest BCUT2D eigenvalue weighted by Gasteiger charge is -2.32. The van der Waals surface area contributed by atoms with Crippen LogP contribution in [-0.4, -0.2) is 23.4 Å². The number of benzene rings is 2. The predicted molar refractivity (Wildman–Crippen MR) is 78.9 cm³/mol. The molecule has 0 saturated heterocycles. The van der Waals surface area contributed by atoms with Gasteiger partial charge in [0.2, 0.25) is 0 Å². The molecule has 4 nitrogen and oxygen atoms in total. The maximum absolute atomic E-state index is 10.3. The van der Waals surface area contributed by atoms with E-state index in [4.69, 9.17) is 9.47 Å². The molecule has 0 aromatic heterocycles. The first-order valence-electron chi connectivity index (χ1n) is 6.90. The Labute approximate surface area is 123 Å². The number of hydrogen-bond donors (Lipinski definition) is 2. The van der Waals surface area contributed by atoms with Gasteiger partial charge in [-0.25, -0.2) is 0 Å². The summed E-state index contributed by atoms with van der Waals surface area (Å²) in [5.41, 5.74) is 2.76. The zero-order valence-electron chi connectivity index (χ0n) is 12.0. The zero-order valence-corrected chi connectivity index (χ0v) is 12.0. The molecule has 0 spiro atoms. The van der Waals surface area contributed by atoms with Gasteiger partial charge in [-0.2, -0.15) is 0 Å². The first kappa shape index (κ1) is 13.8. The van der Waals surface area contributed by atoms with Gasteiger partial charge in [0, 0.05) is 12.0 Å². The van der Waals surface area contributed by atoms with Crippen molar-refractivity contribution in [3.63, 3.8) is 0 Å². The highest BCUT2D eigenvalue weighted by molar-refractivity contribution is 5.51. The van der Waals surface area contributed by atoms with Crippen molar-refractivity contribution < 1.29 is 19.7 Å². The number of ether oxygens (including phenoxy) is 2. The number of aromatic hydroxyl groups is 1. The average Bonchev–Trinajstić information content (AvgIpc) is 2.48. The van der Waals surface area contributed by atoms with Crippen LogP contribution >= 0.6 is 0 Å². The van der Waals surface area contributed by atoms with Crippen LogP contribution in [0.1, 0.15) is 22.8 Å². The van der Waals surface area contributed by atoms with Gasteiger partial charge in [0.1, 0.15) is 23.4 Å². The lowest BCUT2D eigenvalue weighted by atomic mass is 9.93. The topological polar surface area (TPSA) is 58.9 Å². The van der Waals surface area contributed by atoms with Gasteiger partial charge in [-0.05, 0) is 36.2 Å². The van der Waals surface area contributed by atoms with Crippen molar-refractivity contribution in [1.82, 2.24) is 0 Å². The molecule has 0 unspecified atom stereocenters. The predicted octanol–water partition coefficient (Wildman–Crippen LogP) is 2.75. The minimum absolute atomic E-state index is 0.197. The molecule has 110 valence electrons. The number of fused-ring (bicyclic) bond motifs is 1. The Balaban J connectivity index is 1.98. The fourth-order valence-electron chi connectivity index (χ4n) is 2.77. The highest BCUT2D eigenvalue weighted by atomic mass is 16.5. The molecule has 0 saturated carbocycles. The summed E-state index contributed by atoms with van der Waals surface area (Å²) >= 11 is 0. The Kier molecular flexibility index (Phi) is 3.47. The minimum Gasteiger partial charge on any atom is -0.508 e. The Bertz CT molecular complexity index is 649. The summed E-state index contributed by atoms with van der Waals surface area (Å²) in [5, 5.41) is 19.7. The fourth-order valence-corrected chi connectivity index (χ4v) is 2.77. The molecule has 0 radical (unpaired) electrons. The molecule has 0 amide bonds. The van der Waals surface area contributed by atoms with Crippen LogP contribution in [0.15, 0.2) is 36.4 Å². The third-order valence-electron chi connectivity index (χ3n) is 3.90. The summed E-state index contributed by atoms with van der Waals surface area (Å²) in [7, 11) is 1.63. The van der Waals surface area contributed by atoms with E-state index in [0.29, 0.717) is 6.42 Å². The van der Waals surface area contributed by atoms with Crippen molar-refractivity contribution in [2.75, 3.05) is 7.11 Å². The van der Waals surface area contributed by atoms with E-state index in [1.165, 1.54) is 0 Å². The van der Waals surface area contributed by atoms with Gasteiger partial charge in [0.05, 0.1) is 13.2 Å². The molecule has 2 aromatic rings. The molecular weight excluding hydrogens is 268 g/mol. The van der Waals surface area contributed by atoms with E-state index in [-0.39, 0.29) is 5.75 Å². The number of hydrogen-bond acceptors (Lipinski definition) is 4. The Morgan fingerprint density at radius 3 is 2.52 bits per heavy atom. The first-order chi connectivity index (χ1) is 10.1. The summed E-state index contributed by atoms with van der Waals surface area (Å²) in [4.78, 5) is 0. The highest BCUT2D eigenvalue weighted by Gasteiger charge is 2.31. The van der Waals surface area contributed by atoms with E-state index in [2.05, 4.69) is 0 Å². The molecule has 21 heavy (non-hydrogen) atoms. The monoisotopic (exact) mass is 286 g/mol. The molecule has 3 rings (SSSR count). The van der Waals surface area contributed by atoms with Crippen LogP contribution in [0.5, 0.6) is 17.2 Å². The third kappa shape index (κ3) is 2.43. The second-order valence-electron chi connectivity index (χ2n) is 5.28. The van der Waals surface area contributed by atoms with Crippen molar-refractivity contribution in [2.24, 2.45) is 0 Å². The third-order valence-corrected chi connectivity index (χ3v) is 3.90. The van der Waals surface area contributed by atoms with Gasteiger partial charge >= 0.3 is 0 Å². The van der Waals surface area contributed by atoms with Crippen molar-refractivity contribution in [1.29, 1.82) is 0 Å². The molecule has 2 atom stereocenters. The SMILES string of the molecule is COc1ccc2c(c1C)O[C@H](c1ccc(O)cc1)[C@H](O)C2. The minimum atomic E-state index is -0.616. The number of aliphatic hydroxyl groups excluding tert-OH is 1. The van der Waals surface area contributed by atoms with Crippen LogP contribution in [-0.2, 0) is 6.42 Å². The number of aliphatic hydroxyl groups is 1. The second-order valence-corrected chi connectivity index (χ2v) is 5.28. The Morgan fingerprint density at radius 1 is 1.14 bits per heavy atom. The maximum Gasteiger partial charge on any atom is 0.150 e. The fraction of sp³-hybridized carbons (Fsp3) is 0.294. The largest absolute Gasteiger partial charge is 0.508 e. The highest BCUT2D eigenvalue weighted by Crippen LogP contribution is 2.40. The van der Waals surface area contributed by atoms with Gasteiger partial charge in [0.15, 0.2) is 0 Å². The van der Waals surface area contributed by atoms with Gasteiger partial charge in [-0.15, -0.1) is 0 Å². The van der Waals surface area contributed by atoms with Crippen molar-refractivity contribution >= 4 is 0 Å². The zero-order chi connectivity index (χ0) is 15.0. The molecule has 1 aliphatic rings. The van der Waals surface area contributed by atoms with Crippen LogP contribution in [0.2, 0.25) is 0 Å². The normalized spacial score (nSPS) is 20.5. The van der Waals surface area contributed by atoms with Crippen LogP contribution in [0, 0.1) is 6.92 Å². The van der Waals surface area contributed by atoms with E-state index in [9.17, 15) is 10.2 Å².